The molecule has 1 aromatic carbocycles. The Hall–Kier alpha value is -0.0300. The normalized spacial score (nSPS) is 9.90. The highest BCUT2D eigenvalue weighted by Gasteiger charge is 2.04. The van der Waals surface area contributed by atoms with Crippen molar-refractivity contribution in [2.75, 3.05) is 0 Å². The fourth-order valence-electron chi connectivity index (χ4n) is 0.542. The van der Waals surface area contributed by atoms with Crippen molar-refractivity contribution in [3.05, 3.63) is 26.5 Å². The third kappa shape index (κ3) is 1.52. The number of aromatic hydroxyl groups is 1. The van der Waals surface area contributed by atoms with Gasteiger partial charge < -0.3 is 5.11 Å². The van der Waals surface area contributed by atoms with Crippen LogP contribution >= 0.6 is 34.2 Å². The summed E-state index contributed by atoms with van der Waals surface area (Å²) in [6.45, 7) is 0. The van der Waals surface area contributed by atoms with Crippen molar-refractivity contribution in [2.45, 2.75) is 0 Å². The number of phenolic OH excluding ortho intramolecular Hbond substituents is 1. The first-order valence-electron chi connectivity index (χ1n) is 2.45. The highest BCUT2D eigenvalue weighted by molar-refractivity contribution is 14.1. The minimum atomic E-state index is -0.495. The smallest absolute Gasteiger partial charge is 0.141 e. The van der Waals surface area contributed by atoms with Crippen molar-refractivity contribution in [1.82, 2.24) is 0 Å². The summed E-state index contributed by atoms with van der Waals surface area (Å²) in [5.41, 5.74) is 0. The number of rotatable bonds is 0. The molecular weight excluding hydrogens is 269 g/mol. The van der Waals surface area contributed by atoms with E-state index in [0.29, 0.717) is 3.57 Å². The maximum atomic E-state index is 12.6. The third-order valence-corrected chi connectivity index (χ3v) is 2.68. The highest BCUT2D eigenvalue weighted by atomic mass is 127. The first-order valence-corrected chi connectivity index (χ1v) is 3.90. The topological polar surface area (TPSA) is 20.2 Å². The summed E-state index contributed by atoms with van der Waals surface area (Å²) in [5.74, 6) is -0.645. The lowest BCUT2D eigenvalue weighted by Gasteiger charge is -1.97. The Morgan fingerprint density at radius 1 is 1.50 bits per heavy atom. The predicted octanol–water partition coefficient (Wildman–Crippen LogP) is 2.79. The monoisotopic (exact) mass is 272 g/mol. The molecule has 0 saturated heterocycles. The van der Waals surface area contributed by atoms with Crippen molar-refractivity contribution in [2.24, 2.45) is 0 Å². The summed E-state index contributed by atoms with van der Waals surface area (Å²) in [4.78, 5) is 0. The molecule has 0 aliphatic rings. The maximum Gasteiger partial charge on any atom is 0.141 e. The van der Waals surface area contributed by atoms with Crippen LogP contribution in [0.25, 0.3) is 0 Å². The molecule has 4 heteroatoms. The van der Waals surface area contributed by atoms with E-state index in [4.69, 9.17) is 16.7 Å². The van der Waals surface area contributed by atoms with E-state index in [1.54, 1.807) is 22.6 Å². The van der Waals surface area contributed by atoms with E-state index in [9.17, 15) is 4.39 Å². The van der Waals surface area contributed by atoms with Gasteiger partial charge in [0.1, 0.15) is 11.6 Å². The molecule has 0 spiro atoms. The Kier molecular flexibility index (Phi) is 2.36. The summed E-state index contributed by atoms with van der Waals surface area (Å²) in [5, 5.41) is 9.02. The zero-order valence-electron chi connectivity index (χ0n) is 4.74. The lowest BCUT2D eigenvalue weighted by atomic mass is 10.3. The molecule has 54 valence electrons. The SMILES string of the molecule is Oc1cc(F)c(I)c(Cl)c1. The van der Waals surface area contributed by atoms with Gasteiger partial charge in [0.25, 0.3) is 0 Å². The van der Waals surface area contributed by atoms with Gasteiger partial charge in [0.05, 0.1) is 8.59 Å². The van der Waals surface area contributed by atoms with E-state index in [1.807, 2.05) is 0 Å². The zero-order chi connectivity index (χ0) is 7.72. The van der Waals surface area contributed by atoms with Gasteiger partial charge in [-0.05, 0) is 28.7 Å². The average molecular weight is 272 g/mol. The van der Waals surface area contributed by atoms with Crippen LogP contribution in [0, 0.1) is 9.39 Å². The van der Waals surface area contributed by atoms with E-state index in [-0.39, 0.29) is 10.8 Å². The highest BCUT2D eigenvalue weighted by Crippen LogP contribution is 2.25. The Bertz CT molecular complexity index is 241. The Morgan fingerprint density at radius 3 is 2.60 bits per heavy atom. The number of benzene rings is 1. The minimum Gasteiger partial charge on any atom is -0.508 e. The molecule has 1 N–H and O–H groups in total. The quantitative estimate of drug-likeness (QED) is 0.569. The van der Waals surface area contributed by atoms with E-state index in [2.05, 4.69) is 0 Å². The first kappa shape index (κ1) is 8.07. The lowest BCUT2D eigenvalue weighted by molar-refractivity contribution is 0.468. The maximum absolute atomic E-state index is 12.6. The van der Waals surface area contributed by atoms with Crippen molar-refractivity contribution < 1.29 is 9.50 Å². The summed E-state index contributed by atoms with van der Waals surface area (Å²) in [7, 11) is 0. The molecule has 0 aliphatic carbocycles. The van der Waals surface area contributed by atoms with Crippen LogP contribution in [-0.4, -0.2) is 5.11 Å². The van der Waals surface area contributed by atoms with Crippen LogP contribution in [0.5, 0.6) is 5.75 Å². The Morgan fingerprint density at radius 2 is 2.10 bits per heavy atom. The van der Waals surface area contributed by atoms with Crippen LogP contribution in [0.4, 0.5) is 4.39 Å². The molecule has 1 aromatic rings. The summed E-state index contributed by atoms with van der Waals surface area (Å²) < 4.78 is 12.9. The summed E-state index contributed by atoms with van der Waals surface area (Å²) in [6, 6.07) is 2.32. The number of phenols is 1. The molecular formula is C6H3ClFIO. The van der Waals surface area contributed by atoms with Gasteiger partial charge in [-0.2, -0.15) is 0 Å². The molecule has 0 atom stereocenters. The van der Waals surface area contributed by atoms with Crippen molar-refractivity contribution >= 4 is 34.2 Å². The number of halogens is 3. The number of hydrogen-bond acceptors (Lipinski definition) is 1. The molecule has 0 saturated carbocycles. The Balaban J connectivity index is 3.31. The fourth-order valence-corrected chi connectivity index (χ4v) is 1.06. The summed E-state index contributed by atoms with van der Waals surface area (Å²) >= 11 is 7.28. The van der Waals surface area contributed by atoms with Crippen LogP contribution in [-0.2, 0) is 0 Å². The molecule has 1 nitrogen and oxygen atoms in total. The van der Waals surface area contributed by atoms with E-state index in [0.717, 1.165) is 6.07 Å². The van der Waals surface area contributed by atoms with E-state index < -0.39 is 5.82 Å². The molecule has 10 heavy (non-hydrogen) atoms. The molecule has 0 radical (unpaired) electrons. The van der Waals surface area contributed by atoms with Crippen molar-refractivity contribution in [1.29, 1.82) is 0 Å². The van der Waals surface area contributed by atoms with E-state index in [1.165, 1.54) is 6.07 Å². The second kappa shape index (κ2) is 2.92. The molecule has 0 fully saturated rings. The molecule has 0 aromatic heterocycles. The van der Waals surface area contributed by atoms with Crippen molar-refractivity contribution in [3.63, 3.8) is 0 Å². The second-order valence-electron chi connectivity index (χ2n) is 1.72. The average Bonchev–Trinajstić information content (AvgIpc) is 1.82. The molecule has 0 aliphatic heterocycles. The van der Waals surface area contributed by atoms with Gasteiger partial charge in [-0.1, -0.05) is 11.6 Å². The molecule has 1 rings (SSSR count). The van der Waals surface area contributed by atoms with Crippen LogP contribution in [0.1, 0.15) is 0 Å². The van der Waals surface area contributed by atoms with Crippen LogP contribution < -0.4 is 0 Å². The van der Waals surface area contributed by atoms with Gasteiger partial charge in [0, 0.05) is 6.07 Å². The third-order valence-electron chi connectivity index (χ3n) is 0.969. The van der Waals surface area contributed by atoms with E-state index >= 15 is 0 Å². The van der Waals surface area contributed by atoms with Gasteiger partial charge in [-0.3, -0.25) is 0 Å². The molecule has 0 heterocycles. The van der Waals surface area contributed by atoms with Gasteiger partial charge in [-0.25, -0.2) is 4.39 Å². The lowest BCUT2D eigenvalue weighted by Crippen LogP contribution is -1.81. The largest absolute Gasteiger partial charge is 0.508 e. The second-order valence-corrected chi connectivity index (χ2v) is 3.21. The van der Waals surface area contributed by atoms with Crippen LogP contribution in [0.3, 0.4) is 0 Å². The predicted molar refractivity (Wildman–Crippen MR) is 45.8 cm³/mol. The standard InChI is InChI=1S/C6H3ClFIO/c7-4-1-3(10)2-5(8)6(4)9/h1-2,10H. The van der Waals surface area contributed by atoms with Crippen LogP contribution in [0.2, 0.25) is 5.02 Å². The van der Waals surface area contributed by atoms with Crippen LogP contribution in [0.15, 0.2) is 12.1 Å². The van der Waals surface area contributed by atoms with Gasteiger partial charge in [0.15, 0.2) is 0 Å². The van der Waals surface area contributed by atoms with Gasteiger partial charge >= 0.3 is 0 Å². The van der Waals surface area contributed by atoms with Crippen molar-refractivity contribution in [3.8, 4) is 5.75 Å². The number of hydrogen-bond donors (Lipinski definition) is 1. The van der Waals surface area contributed by atoms with Gasteiger partial charge in [0.2, 0.25) is 0 Å². The molecule has 0 bridgehead atoms. The molecule has 0 unspecified atom stereocenters. The summed E-state index contributed by atoms with van der Waals surface area (Å²) in [6.07, 6.45) is 0. The first-order chi connectivity index (χ1) is 4.61. The van der Waals surface area contributed by atoms with Gasteiger partial charge in [-0.15, -0.1) is 0 Å². The molecule has 0 amide bonds. The minimum absolute atomic E-state index is 0.150. The Labute approximate surface area is 76.0 Å². The zero-order valence-corrected chi connectivity index (χ0v) is 7.65. The fraction of sp³-hybridized carbons (Fsp3) is 0.